The topological polar surface area (TPSA) is 20.2 Å². The minimum absolute atomic E-state index is 0.411. The van der Waals surface area contributed by atoms with Crippen LogP contribution < -0.4 is 0 Å². The number of aliphatic hydroxyl groups is 1. The molecule has 0 fully saturated rings. The Morgan fingerprint density at radius 3 is 1.31 bits per heavy atom. The van der Waals surface area contributed by atoms with Crippen LogP contribution in [0.4, 0.5) is 30.7 Å². The lowest BCUT2D eigenvalue weighted by molar-refractivity contribution is -0.403. The highest BCUT2D eigenvalue weighted by Gasteiger charge is 2.77. The van der Waals surface area contributed by atoms with Gasteiger partial charge in [0, 0.05) is 5.41 Å². The van der Waals surface area contributed by atoms with Crippen molar-refractivity contribution in [3.8, 4) is 0 Å². The molecule has 0 spiro atoms. The molecule has 0 aliphatic carbocycles. The fraction of sp³-hybridized carbons (Fsp3) is 1.00. The summed E-state index contributed by atoms with van der Waals surface area (Å²) in [6, 6.07) is 0. The van der Waals surface area contributed by atoms with Gasteiger partial charge >= 0.3 is 12.4 Å². The molecule has 8 heteroatoms. The van der Waals surface area contributed by atoms with Crippen LogP contribution in [0.25, 0.3) is 0 Å². The van der Waals surface area contributed by atoms with Gasteiger partial charge in [0.25, 0.3) is 5.60 Å². The van der Waals surface area contributed by atoms with E-state index in [1.54, 1.807) is 0 Å². The van der Waals surface area contributed by atoms with Gasteiger partial charge in [-0.05, 0) is 6.42 Å². The predicted octanol–water partition coefficient (Wildman–Crippen LogP) is 3.23. The van der Waals surface area contributed by atoms with Crippen LogP contribution in [0.2, 0.25) is 0 Å². The first-order chi connectivity index (χ1) is 6.87. The van der Waals surface area contributed by atoms with E-state index in [9.17, 15) is 30.7 Å². The molecule has 0 rings (SSSR count). The second-order valence-corrected chi connectivity index (χ2v) is 3.75. The molecule has 0 aromatic rings. The molecule has 0 aromatic carbocycles. The zero-order valence-electron chi connectivity index (χ0n) is 8.51. The van der Waals surface area contributed by atoms with Gasteiger partial charge in [-0.3, -0.25) is 4.39 Å². The largest absolute Gasteiger partial charge is 0.426 e. The highest BCUT2D eigenvalue weighted by molar-refractivity contribution is 5.05. The van der Waals surface area contributed by atoms with Gasteiger partial charge in [0.15, 0.2) is 0 Å². The van der Waals surface area contributed by atoms with Crippen molar-refractivity contribution in [3.05, 3.63) is 0 Å². The first-order valence-corrected chi connectivity index (χ1v) is 4.29. The first kappa shape index (κ1) is 15.5. The van der Waals surface area contributed by atoms with E-state index in [0.717, 1.165) is 6.92 Å². The van der Waals surface area contributed by atoms with Crippen molar-refractivity contribution in [1.29, 1.82) is 0 Å². The summed E-state index contributed by atoms with van der Waals surface area (Å²) >= 11 is 0. The van der Waals surface area contributed by atoms with Crippen molar-refractivity contribution in [2.45, 2.75) is 38.2 Å². The Bertz CT molecular complexity index is 224. The molecule has 16 heavy (non-hydrogen) atoms. The lowest BCUT2D eigenvalue weighted by Crippen LogP contribution is -2.66. The number of hydrogen-bond acceptors (Lipinski definition) is 1. The number of rotatable bonds is 3. The average molecular weight is 256 g/mol. The third-order valence-electron chi connectivity index (χ3n) is 2.77. The molecule has 0 bridgehead atoms. The molecule has 1 N–H and O–H groups in total. The smallest absolute Gasteiger partial charge is 0.373 e. The highest BCUT2D eigenvalue weighted by Crippen LogP contribution is 2.54. The van der Waals surface area contributed by atoms with Gasteiger partial charge in [0.2, 0.25) is 0 Å². The van der Waals surface area contributed by atoms with E-state index in [2.05, 4.69) is 0 Å². The summed E-state index contributed by atoms with van der Waals surface area (Å²) in [6.45, 7) is -0.574. The predicted molar refractivity (Wildman–Crippen MR) is 41.4 cm³/mol. The Balaban J connectivity index is 5.79. The fourth-order valence-corrected chi connectivity index (χ4v) is 1.29. The van der Waals surface area contributed by atoms with Crippen LogP contribution in [-0.4, -0.2) is 29.7 Å². The van der Waals surface area contributed by atoms with Gasteiger partial charge in [0.05, 0.1) is 6.67 Å². The van der Waals surface area contributed by atoms with E-state index in [1.807, 2.05) is 0 Å². The van der Waals surface area contributed by atoms with Crippen molar-refractivity contribution in [3.63, 3.8) is 0 Å². The molecule has 0 heterocycles. The average Bonchev–Trinajstić information content (AvgIpc) is 2.11. The molecule has 0 aromatic heterocycles. The Hall–Kier alpha value is -0.530. The van der Waals surface area contributed by atoms with Crippen molar-refractivity contribution in [2.75, 3.05) is 6.67 Å². The Morgan fingerprint density at radius 1 is 0.938 bits per heavy atom. The lowest BCUT2D eigenvalue weighted by Gasteiger charge is -2.44. The second kappa shape index (κ2) is 4.05. The lowest BCUT2D eigenvalue weighted by atomic mass is 9.71. The number of halogens is 7. The minimum atomic E-state index is -5.98. The maximum absolute atomic E-state index is 12.4. The van der Waals surface area contributed by atoms with Crippen LogP contribution in [0.1, 0.15) is 20.3 Å². The molecule has 0 amide bonds. The van der Waals surface area contributed by atoms with Crippen molar-refractivity contribution in [2.24, 2.45) is 5.41 Å². The quantitative estimate of drug-likeness (QED) is 0.768. The number of alkyl halides is 7. The third-order valence-corrected chi connectivity index (χ3v) is 2.77. The summed E-state index contributed by atoms with van der Waals surface area (Å²) in [7, 11) is 0. The molecule has 0 aliphatic rings. The van der Waals surface area contributed by atoms with Crippen LogP contribution in [0.5, 0.6) is 0 Å². The molecule has 0 saturated heterocycles. The van der Waals surface area contributed by atoms with E-state index in [1.165, 1.54) is 0 Å². The standard InChI is InChI=1S/C8H11F7O/c1-3-5(2,4-9)6(16,7(10,11)12)8(13,14)15/h16H,3-4H2,1-2H3. The van der Waals surface area contributed by atoms with Gasteiger partial charge in [0.1, 0.15) is 0 Å². The Labute approximate surface area is 87.2 Å². The van der Waals surface area contributed by atoms with Crippen LogP contribution in [0, 0.1) is 5.41 Å². The third kappa shape index (κ3) is 1.99. The van der Waals surface area contributed by atoms with Crippen LogP contribution in [-0.2, 0) is 0 Å². The van der Waals surface area contributed by atoms with Crippen molar-refractivity contribution < 1.29 is 35.8 Å². The molecule has 1 atom stereocenters. The minimum Gasteiger partial charge on any atom is -0.373 e. The van der Waals surface area contributed by atoms with E-state index >= 15 is 0 Å². The summed E-state index contributed by atoms with van der Waals surface area (Å²) in [4.78, 5) is 0. The molecule has 0 aliphatic heterocycles. The van der Waals surface area contributed by atoms with Crippen molar-refractivity contribution >= 4 is 0 Å². The Morgan fingerprint density at radius 2 is 1.25 bits per heavy atom. The van der Waals surface area contributed by atoms with E-state index in [-0.39, 0.29) is 0 Å². The van der Waals surface area contributed by atoms with E-state index in [4.69, 9.17) is 5.11 Å². The van der Waals surface area contributed by atoms with Gasteiger partial charge < -0.3 is 5.11 Å². The van der Waals surface area contributed by atoms with Crippen LogP contribution >= 0.6 is 0 Å². The van der Waals surface area contributed by atoms with Crippen molar-refractivity contribution in [1.82, 2.24) is 0 Å². The number of hydrogen-bond donors (Lipinski definition) is 1. The second-order valence-electron chi connectivity index (χ2n) is 3.75. The molecular weight excluding hydrogens is 245 g/mol. The SMILES string of the molecule is CCC(C)(CF)C(O)(C(F)(F)F)C(F)(F)F. The zero-order valence-corrected chi connectivity index (χ0v) is 8.51. The summed E-state index contributed by atoms with van der Waals surface area (Å²) in [5.41, 5.74) is -8.00. The normalized spacial score (nSPS) is 18.4. The monoisotopic (exact) mass is 256 g/mol. The summed E-state index contributed by atoms with van der Waals surface area (Å²) in [6.07, 6.45) is -12.8. The van der Waals surface area contributed by atoms with Gasteiger partial charge in [-0.1, -0.05) is 13.8 Å². The fourth-order valence-electron chi connectivity index (χ4n) is 1.29. The molecule has 1 unspecified atom stereocenters. The maximum Gasteiger partial charge on any atom is 0.426 e. The Kier molecular flexibility index (Phi) is 3.91. The summed E-state index contributed by atoms with van der Waals surface area (Å²) in [5.74, 6) is 0. The molecule has 1 nitrogen and oxygen atoms in total. The summed E-state index contributed by atoms with van der Waals surface area (Å²) in [5, 5.41) is 8.91. The molecule has 98 valence electrons. The van der Waals surface area contributed by atoms with Crippen LogP contribution in [0.15, 0.2) is 0 Å². The molecular formula is C8H11F7O. The maximum atomic E-state index is 12.4. The summed E-state index contributed by atoms with van der Waals surface area (Å²) < 4.78 is 86.4. The van der Waals surface area contributed by atoms with Crippen LogP contribution in [0.3, 0.4) is 0 Å². The first-order valence-electron chi connectivity index (χ1n) is 4.29. The van der Waals surface area contributed by atoms with Gasteiger partial charge in [-0.15, -0.1) is 0 Å². The van der Waals surface area contributed by atoms with E-state index in [0.29, 0.717) is 6.92 Å². The van der Waals surface area contributed by atoms with Gasteiger partial charge in [-0.25, -0.2) is 0 Å². The van der Waals surface area contributed by atoms with E-state index < -0.39 is 36.5 Å². The molecule has 0 saturated carbocycles. The van der Waals surface area contributed by atoms with Gasteiger partial charge in [-0.2, -0.15) is 26.3 Å². The molecule has 0 radical (unpaired) electrons. The highest BCUT2D eigenvalue weighted by atomic mass is 19.4. The zero-order chi connectivity index (χ0) is 13.4.